The molecule has 0 amide bonds. The predicted octanol–water partition coefficient (Wildman–Crippen LogP) is 4.77. The molecule has 0 spiro atoms. The van der Waals surface area contributed by atoms with Gasteiger partial charge in [0.2, 0.25) is 0 Å². The number of benzene rings is 2. The molecule has 0 unspecified atom stereocenters. The normalized spacial score (nSPS) is 15.0. The molecule has 1 N–H and O–H groups in total. The quantitative estimate of drug-likeness (QED) is 0.480. The average molecular weight is 456 g/mol. The number of anilines is 1. The van der Waals surface area contributed by atoms with Crippen LogP contribution >= 0.6 is 12.2 Å². The molecular formula is C22H25F4N3OS. The lowest BCUT2D eigenvalue weighted by atomic mass is 10.1. The lowest BCUT2D eigenvalue weighted by Gasteiger charge is -2.30. The van der Waals surface area contributed by atoms with Gasteiger partial charge in [-0.1, -0.05) is 24.3 Å². The minimum atomic E-state index is -4.49. The Morgan fingerprint density at radius 1 is 1.06 bits per heavy atom. The number of nitrogens with zero attached hydrogens (tertiary/aromatic N) is 2. The van der Waals surface area contributed by atoms with Crippen molar-refractivity contribution in [3.63, 3.8) is 0 Å². The Balaban J connectivity index is 1.70. The summed E-state index contributed by atoms with van der Waals surface area (Å²) in [7, 11) is 0. The molecule has 0 bridgehead atoms. The number of para-hydroxylation sites is 1. The minimum absolute atomic E-state index is 0.0858. The molecule has 0 saturated carbocycles. The lowest BCUT2D eigenvalue weighted by molar-refractivity contribution is -0.136. The molecule has 4 nitrogen and oxygen atoms in total. The Labute approximate surface area is 184 Å². The van der Waals surface area contributed by atoms with Crippen molar-refractivity contribution < 1.29 is 22.3 Å². The number of alkyl halides is 3. The van der Waals surface area contributed by atoms with Gasteiger partial charge >= 0.3 is 6.18 Å². The van der Waals surface area contributed by atoms with Gasteiger partial charge in [0.1, 0.15) is 5.82 Å². The van der Waals surface area contributed by atoms with E-state index in [-0.39, 0.29) is 16.6 Å². The van der Waals surface area contributed by atoms with E-state index in [1.165, 1.54) is 30.3 Å². The zero-order chi connectivity index (χ0) is 22.3. The van der Waals surface area contributed by atoms with E-state index in [2.05, 4.69) is 10.2 Å². The Morgan fingerprint density at radius 2 is 1.74 bits per heavy atom. The second-order valence-corrected chi connectivity index (χ2v) is 7.72. The highest BCUT2D eigenvalue weighted by atomic mass is 32.1. The summed E-state index contributed by atoms with van der Waals surface area (Å²) in [4.78, 5) is 4.10. The highest BCUT2D eigenvalue weighted by Gasteiger charge is 2.33. The van der Waals surface area contributed by atoms with Gasteiger partial charge in [0.25, 0.3) is 0 Å². The third kappa shape index (κ3) is 7.15. The van der Waals surface area contributed by atoms with Crippen molar-refractivity contribution in [2.75, 3.05) is 44.7 Å². The molecule has 3 rings (SSSR count). The fourth-order valence-electron chi connectivity index (χ4n) is 3.41. The van der Waals surface area contributed by atoms with Gasteiger partial charge in [-0.15, -0.1) is 0 Å². The van der Waals surface area contributed by atoms with Crippen LogP contribution in [0.1, 0.15) is 17.5 Å². The largest absolute Gasteiger partial charge is 0.418 e. The standard InChI is InChI=1S/C22H25F4N3OS/c23-18-8-6-17(7-9-18)16-29(11-3-10-28-12-14-30-15-13-28)21(31)27-20-5-2-1-4-19(20)22(24,25)26/h1-2,4-9H,3,10-16H2,(H,27,31). The van der Waals surface area contributed by atoms with Gasteiger partial charge in [-0.25, -0.2) is 4.39 Å². The van der Waals surface area contributed by atoms with Crippen molar-refractivity contribution in [2.45, 2.75) is 19.1 Å². The molecule has 1 aliphatic rings. The molecule has 0 aliphatic carbocycles. The molecule has 31 heavy (non-hydrogen) atoms. The van der Waals surface area contributed by atoms with Crippen LogP contribution in [-0.2, 0) is 17.5 Å². The maximum Gasteiger partial charge on any atom is 0.418 e. The van der Waals surface area contributed by atoms with E-state index >= 15 is 0 Å². The monoisotopic (exact) mass is 455 g/mol. The molecule has 1 fully saturated rings. The van der Waals surface area contributed by atoms with Gasteiger partial charge in [-0.05, 0) is 48.5 Å². The SMILES string of the molecule is Fc1ccc(CN(CCCN2CCOCC2)C(=S)Nc2ccccc2C(F)(F)F)cc1. The van der Waals surface area contributed by atoms with Crippen molar-refractivity contribution in [1.82, 2.24) is 9.80 Å². The summed E-state index contributed by atoms with van der Waals surface area (Å²) in [6.45, 7) is 4.88. The van der Waals surface area contributed by atoms with Gasteiger partial charge in [0.15, 0.2) is 5.11 Å². The molecule has 9 heteroatoms. The fourth-order valence-corrected chi connectivity index (χ4v) is 3.67. The van der Waals surface area contributed by atoms with Crippen LogP contribution in [0.25, 0.3) is 0 Å². The van der Waals surface area contributed by atoms with E-state index in [4.69, 9.17) is 17.0 Å². The van der Waals surface area contributed by atoms with Crippen molar-refractivity contribution in [3.05, 3.63) is 65.5 Å². The van der Waals surface area contributed by atoms with Crippen LogP contribution in [0, 0.1) is 5.82 Å². The van der Waals surface area contributed by atoms with E-state index in [0.717, 1.165) is 37.7 Å². The van der Waals surface area contributed by atoms with Crippen LogP contribution in [0.15, 0.2) is 48.5 Å². The second-order valence-electron chi connectivity index (χ2n) is 7.33. The number of rotatable bonds is 7. The number of nitrogens with one attached hydrogen (secondary N) is 1. The van der Waals surface area contributed by atoms with Gasteiger partial charge in [0, 0.05) is 32.7 Å². The maximum absolute atomic E-state index is 13.3. The van der Waals surface area contributed by atoms with Crippen LogP contribution in [0.2, 0.25) is 0 Å². The lowest BCUT2D eigenvalue weighted by Crippen LogP contribution is -2.40. The Hall–Kier alpha value is -2.23. The molecular weight excluding hydrogens is 430 g/mol. The summed E-state index contributed by atoms with van der Waals surface area (Å²) in [5, 5.41) is 2.96. The van der Waals surface area contributed by atoms with E-state index in [0.29, 0.717) is 26.3 Å². The fraction of sp³-hybridized carbons (Fsp3) is 0.409. The zero-order valence-electron chi connectivity index (χ0n) is 17.0. The van der Waals surface area contributed by atoms with Crippen molar-refractivity contribution >= 4 is 23.0 Å². The molecule has 1 saturated heterocycles. The number of hydrogen-bond acceptors (Lipinski definition) is 3. The molecule has 0 atom stereocenters. The van der Waals surface area contributed by atoms with Gasteiger partial charge in [0.05, 0.1) is 24.5 Å². The first-order valence-electron chi connectivity index (χ1n) is 10.1. The Morgan fingerprint density at radius 3 is 2.42 bits per heavy atom. The topological polar surface area (TPSA) is 27.7 Å². The summed E-state index contributed by atoms with van der Waals surface area (Å²) in [5.41, 5.74) is -0.0364. The van der Waals surface area contributed by atoms with Crippen LogP contribution in [-0.4, -0.2) is 54.3 Å². The van der Waals surface area contributed by atoms with E-state index in [9.17, 15) is 17.6 Å². The van der Waals surface area contributed by atoms with Crippen LogP contribution in [0.5, 0.6) is 0 Å². The Bertz CT molecular complexity index is 855. The summed E-state index contributed by atoms with van der Waals surface area (Å²) >= 11 is 5.47. The first kappa shape index (κ1) is 23.4. The van der Waals surface area contributed by atoms with Crippen molar-refractivity contribution in [3.8, 4) is 0 Å². The summed E-state index contributed by atoms with van der Waals surface area (Å²) in [6, 6.07) is 11.3. The zero-order valence-corrected chi connectivity index (χ0v) is 17.8. The highest BCUT2D eigenvalue weighted by molar-refractivity contribution is 7.80. The predicted molar refractivity (Wildman–Crippen MR) is 116 cm³/mol. The average Bonchev–Trinajstić information content (AvgIpc) is 2.75. The molecule has 2 aromatic carbocycles. The molecule has 1 aliphatic heterocycles. The van der Waals surface area contributed by atoms with Crippen LogP contribution in [0.4, 0.5) is 23.2 Å². The van der Waals surface area contributed by atoms with Gasteiger partial charge in [-0.3, -0.25) is 4.90 Å². The molecule has 1 heterocycles. The van der Waals surface area contributed by atoms with Crippen LogP contribution in [0.3, 0.4) is 0 Å². The number of halogens is 4. The summed E-state index contributed by atoms with van der Waals surface area (Å²) in [5.74, 6) is -0.345. The first-order chi connectivity index (χ1) is 14.8. The Kier molecular flexibility index (Phi) is 8.22. The van der Waals surface area contributed by atoms with Crippen molar-refractivity contribution in [1.29, 1.82) is 0 Å². The summed E-state index contributed by atoms with van der Waals surface area (Å²) < 4.78 is 58.6. The summed E-state index contributed by atoms with van der Waals surface area (Å²) in [6.07, 6.45) is -3.71. The van der Waals surface area contributed by atoms with Gasteiger partial charge < -0.3 is 15.0 Å². The number of hydrogen-bond donors (Lipinski definition) is 1. The number of ether oxygens (including phenoxy) is 1. The van der Waals surface area contributed by atoms with E-state index < -0.39 is 11.7 Å². The van der Waals surface area contributed by atoms with E-state index in [1.807, 2.05) is 4.90 Å². The van der Waals surface area contributed by atoms with E-state index in [1.54, 1.807) is 12.1 Å². The smallest absolute Gasteiger partial charge is 0.379 e. The van der Waals surface area contributed by atoms with Crippen LogP contribution < -0.4 is 5.32 Å². The number of morpholine rings is 1. The second kappa shape index (κ2) is 10.9. The minimum Gasteiger partial charge on any atom is -0.379 e. The molecule has 2 aromatic rings. The molecule has 0 radical (unpaired) electrons. The van der Waals surface area contributed by atoms with Gasteiger partial charge in [-0.2, -0.15) is 13.2 Å². The molecule has 0 aromatic heterocycles. The number of thiocarbonyl (C=S) groups is 1. The highest BCUT2D eigenvalue weighted by Crippen LogP contribution is 2.34. The third-order valence-corrected chi connectivity index (χ3v) is 5.41. The molecule has 168 valence electrons. The van der Waals surface area contributed by atoms with Crippen molar-refractivity contribution in [2.24, 2.45) is 0 Å². The first-order valence-corrected chi connectivity index (χ1v) is 10.5. The maximum atomic E-state index is 13.3. The third-order valence-electron chi connectivity index (χ3n) is 5.05.